The number of nitrogens with one attached hydrogen (secondary N) is 1. The van der Waals surface area contributed by atoms with Crippen molar-refractivity contribution in [2.75, 3.05) is 13.2 Å². The van der Waals surface area contributed by atoms with Gasteiger partial charge in [0.15, 0.2) is 0 Å². The summed E-state index contributed by atoms with van der Waals surface area (Å²) in [6.45, 7) is 3.77. The first-order valence-electron chi connectivity index (χ1n) is 5.97. The molecule has 1 fully saturated rings. The molecule has 4 heteroatoms. The van der Waals surface area contributed by atoms with E-state index in [-0.39, 0.29) is 6.04 Å². The van der Waals surface area contributed by atoms with Gasteiger partial charge in [0.05, 0.1) is 12.3 Å². The molecular weight excluding hydrogens is 204 g/mol. The van der Waals surface area contributed by atoms with Gasteiger partial charge >= 0.3 is 0 Å². The Kier molecular flexibility index (Phi) is 3.98. The number of hydrogen-bond acceptors (Lipinski definition) is 4. The lowest BCUT2D eigenvalue weighted by molar-refractivity contribution is 0.0534. The van der Waals surface area contributed by atoms with Crippen LogP contribution in [0.2, 0.25) is 0 Å². The molecule has 16 heavy (non-hydrogen) atoms. The minimum absolute atomic E-state index is 0.192. The first-order valence-corrected chi connectivity index (χ1v) is 5.97. The summed E-state index contributed by atoms with van der Waals surface area (Å²) in [5.74, 6) is 7.27. The molecule has 1 unspecified atom stereocenters. The highest BCUT2D eigenvalue weighted by Gasteiger charge is 2.27. The van der Waals surface area contributed by atoms with Gasteiger partial charge in [-0.1, -0.05) is 6.92 Å². The van der Waals surface area contributed by atoms with Crippen LogP contribution in [0.5, 0.6) is 0 Å². The zero-order valence-electron chi connectivity index (χ0n) is 9.74. The van der Waals surface area contributed by atoms with E-state index in [4.69, 9.17) is 15.0 Å². The fourth-order valence-corrected chi connectivity index (χ4v) is 2.44. The SMILES string of the molecule is CCc1occc1C(NN)C1CCOCC1. The number of nitrogens with two attached hydrogens (primary N) is 1. The third-order valence-corrected chi connectivity index (χ3v) is 3.35. The summed E-state index contributed by atoms with van der Waals surface area (Å²) in [4.78, 5) is 0. The van der Waals surface area contributed by atoms with Crippen molar-refractivity contribution >= 4 is 0 Å². The van der Waals surface area contributed by atoms with Crippen molar-refractivity contribution in [2.24, 2.45) is 11.8 Å². The Morgan fingerprint density at radius 1 is 1.50 bits per heavy atom. The molecule has 2 rings (SSSR count). The number of ether oxygens (including phenoxy) is 1. The van der Waals surface area contributed by atoms with Gasteiger partial charge in [-0.05, 0) is 24.8 Å². The molecule has 1 aliphatic heterocycles. The second-order valence-electron chi connectivity index (χ2n) is 4.25. The standard InChI is InChI=1S/C12H20N2O2/c1-2-11-10(5-8-16-11)12(14-13)9-3-6-15-7-4-9/h5,8-9,12,14H,2-4,6-7,13H2,1H3. The Morgan fingerprint density at radius 2 is 2.25 bits per heavy atom. The van der Waals surface area contributed by atoms with Gasteiger partial charge in [-0.2, -0.15) is 0 Å². The normalized spacial score (nSPS) is 19.9. The van der Waals surface area contributed by atoms with E-state index in [9.17, 15) is 0 Å². The minimum atomic E-state index is 0.192. The van der Waals surface area contributed by atoms with E-state index in [0.717, 1.165) is 38.2 Å². The molecule has 1 atom stereocenters. The van der Waals surface area contributed by atoms with E-state index in [1.807, 2.05) is 6.07 Å². The highest BCUT2D eigenvalue weighted by Crippen LogP contribution is 2.31. The second-order valence-corrected chi connectivity index (χ2v) is 4.25. The molecule has 0 aromatic carbocycles. The first-order chi connectivity index (χ1) is 7.86. The summed E-state index contributed by atoms with van der Waals surface area (Å²) in [7, 11) is 0. The zero-order chi connectivity index (χ0) is 11.4. The zero-order valence-corrected chi connectivity index (χ0v) is 9.74. The fourth-order valence-electron chi connectivity index (χ4n) is 2.44. The summed E-state index contributed by atoms with van der Waals surface area (Å²) in [5.41, 5.74) is 4.14. The Balaban J connectivity index is 2.14. The molecule has 4 nitrogen and oxygen atoms in total. The minimum Gasteiger partial charge on any atom is -0.469 e. The van der Waals surface area contributed by atoms with Gasteiger partial charge in [0.25, 0.3) is 0 Å². The molecule has 1 aliphatic rings. The summed E-state index contributed by atoms with van der Waals surface area (Å²) in [5, 5.41) is 0. The molecule has 1 saturated heterocycles. The van der Waals surface area contributed by atoms with E-state index in [1.54, 1.807) is 6.26 Å². The van der Waals surface area contributed by atoms with Crippen LogP contribution in [-0.2, 0) is 11.2 Å². The highest BCUT2D eigenvalue weighted by molar-refractivity contribution is 5.22. The molecule has 3 N–H and O–H groups in total. The van der Waals surface area contributed by atoms with Crippen LogP contribution in [0.25, 0.3) is 0 Å². The van der Waals surface area contributed by atoms with Gasteiger partial charge in [-0.25, -0.2) is 0 Å². The van der Waals surface area contributed by atoms with E-state index < -0.39 is 0 Å². The number of furan rings is 1. The largest absolute Gasteiger partial charge is 0.469 e. The molecule has 0 saturated carbocycles. The topological polar surface area (TPSA) is 60.4 Å². The summed E-state index contributed by atoms with van der Waals surface area (Å²) >= 11 is 0. The van der Waals surface area contributed by atoms with Crippen molar-refractivity contribution in [1.82, 2.24) is 5.43 Å². The van der Waals surface area contributed by atoms with Crippen molar-refractivity contribution in [1.29, 1.82) is 0 Å². The van der Waals surface area contributed by atoms with Crippen LogP contribution in [0.4, 0.5) is 0 Å². The van der Waals surface area contributed by atoms with E-state index in [2.05, 4.69) is 12.3 Å². The van der Waals surface area contributed by atoms with Crippen molar-refractivity contribution in [3.05, 3.63) is 23.7 Å². The molecule has 1 aromatic rings. The monoisotopic (exact) mass is 224 g/mol. The quantitative estimate of drug-likeness (QED) is 0.604. The van der Waals surface area contributed by atoms with Crippen molar-refractivity contribution in [2.45, 2.75) is 32.2 Å². The highest BCUT2D eigenvalue weighted by atomic mass is 16.5. The fraction of sp³-hybridized carbons (Fsp3) is 0.667. The lowest BCUT2D eigenvalue weighted by Gasteiger charge is -2.29. The molecule has 2 heterocycles. The molecule has 90 valence electrons. The summed E-state index contributed by atoms with van der Waals surface area (Å²) in [6.07, 6.45) is 4.77. The predicted octanol–water partition coefficient (Wildman–Crippen LogP) is 1.77. The lowest BCUT2D eigenvalue weighted by Crippen LogP contribution is -2.36. The van der Waals surface area contributed by atoms with Crippen LogP contribution in [0.1, 0.15) is 37.1 Å². The van der Waals surface area contributed by atoms with Crippen molar-refractivity contribution in [3.8, 4) is 0 Å². The van der Waals surface area contributed by atoms with Crippen LogP contribution in [0.3, 0.4) is 0 Å². The molecule has 0 radical (unpaired) electrons. The molecule has 0 bridgehead atoms. The number of hydrogen-bond donors (Lipinski definition) is 2. The average molecular weight is 224 g/mol. The van der Waals surface area contributed by atoms with Crippen molar-refractivity contribution in [3.63, 3.8) is 0 Å². The smallest absolute Gasteiger partial charge is 0.108 e. The third kappa shape index (κ3) is 2.29. The van der Waals surface area contributed by atoms with Gasteiger partial charge in [0.2, 0.25) is 0 Å². The Bertz CT molecular complexity index is 319. The lowest BCUT2D eigenvalue weighted by atomic mass is 9.87. The Labute approximate surface area is 96.1 Å². The van der Waals surface area contributed by atoms with Crippen LogP contribution in [-0.4, -0.2) is 13.2 Å². The maximum atomic E-state index is 5.69. The summed E-state index contributed by atoms with van der Waals surface area (Å²) < 4.78 is 10.8. The van der Waals surface area contributed by atoms with E-state index >= 15 is 0 Å². The number of aryl methyl sites for hydroxylation is 1. The number of rotatable bonds is 4. The van der Waals surface area contributed by atoms with Crippen LogP contribution in [0, 0.1) is 5.92 Å². The number of hydrazine groups is 1. The van der Waals surface area contributed by atoms with Gasteiger partial charge in [-0.3, -0.25) is 11.3 Å². The first kappa shape index (κ1) is 11.6. The average Bonchev–Trinajstić information content (AvgIpc) is 2.80. The van der Waals surface area contributed by atoms with E-state index in [1.165, 1.54) is 5.56 Å². The third-order valence-electron chi connectivity index (χ3n) is 3.35. The maximum absolute atomic E-state index is 5.69. The van der Waals surface area contributed by atoms with Crippen LogP contribution < -0.4 is 11.3 Å². The molecule has 0 spiro atoms. The van der Waals surface area contributed by atoms with Gasteiger partial charge in [0, 0.05) is 25.2 Å². The van der Waals surface area contributed by atoms with Gasteiger partial charge in [-0.15, -0.1) is 0 Å². The maximum Gasteiger partial charge on any atom is 0.108 e. The second kappa shape index (κ2) is 5.48. The predicted molar refractivity (Wildman–Crippen MR) is 61.7 cm³/mol. The van der Waals surface area contributed by atoms with Crippen molar-refractivity contribution < 1.29 is 9.15 Å². The van der Waals surface area contributed by atoms with E-state index in [0.29, 0.717) is 5.92 Å². The summed E-state index contributed by atoms with van der Waals surface area (Å²) in [6, 6.07) is 2.22. The van der Waals surface area contributed by atoms with Gasteiger partial charge < -0.3 is 9.15 Å². The van der Waals surface area contributed by atoms with Crippen LogP contribution in [0.15, 0.2) is 16.7 Å². The Hall–Kier alpha value is -0.840. The molecule has 0 amide bonds. The molecular formula is C12H20N2O2. The van der Waals surface area contributed by atoms with Crippen LogP contribution >= 0.6 is 0 Å². The van der Waals surface area contributed by atoms with Gasteiger partial charge in [0.1, 0.15) is 5.76 Å². The molecule has 0 aliphatic carbocycles. The molecule has 1 aromatic heterocycles. The Morgan fingerprint density at radius 3 is 2.88 bits per heavy atom.